The van der Waals surface area contributed by atoms with Crippen LogP contribution in [0.2, 0.25) is 0 Å². The Morgan fingerprint density at radius 1 is 1.24 bits per heavy atom. The van der Waals surface area contributed by atoms with Crippen LogP contribution < -0.4 is 10.5 Å². The molecule has 0 saturated heterocycles. The lowest BCUT2D eigenvalue weighted by molar-refractivity contribution is 0.340. The molecule has 2 unspecified atom stereocenters. The van der Waals surface area contributed by atoms with Crippen LogP contribution in [0.15, 0.2) is 18.2 Å². The van der Waals surface area contributed by atoms with Crippen LogP contribution >= 0.6 is 0 Å². The second-order valence-electron chi connectivity index (χ2n) is 4.91. The van der Waals surface area contributed by atoms with Gasteiger partial charge in [-0.2, -0.15) is 0 Å². The Bertz CT molecular complexity index is 347. The smallest absolute Gasteiger partial charge is 0.119 e. The van der Waals surface area contributed by atoms with Crippen LogP contribution in [0.5, 0.6) is 5.75 Å². The lowest BCUT2D eigenvalue weighted by Crippen LogP contribution is -2.15. The van der Waals surface area contributed by atoms with Crippen LogP contribution in [0.1, 0.15) is 50.7 Å². The number of hydrogen-bond donors (Lipinski definition) is 1. The Morgan fingerprint density at radius 3 is 2.47 bits per heavy atom. The van der Waals surface area contributed by atoms with E-state index in [2.05, 4.69) is 39.0 Å². The minimum atomic E-state index is 0.292. The maximum Gasteiger partial charge on any atom is 0.119 e. The minimum Gasteiger partial charge on any atom is -0.494 e. The van der Waals surface area contributed by atoms with Crippen molar-refractivity contribution in [2.75, 3.05) is 6.61 Å². The zero-order chi connectivity index (χ0) is 12.8. The van der Waals surface area contributed by atoms with E-state index in [1.165, 1.54) is 11.1 Å². The summed E-state index contributed by atoms with van der Waals surface area (Å²) in [5.41, 5.74) is 8.52. The number of ether oxygens (including phenoxy) is 1. The van der Waals surface area contributed by atoms with Gasteiger partial charge in [0, 0.05) is 6.04 Å². The van der Waals surface area contributed by atoms with Gasteiger partial charge >= 0.3 is 0 Å². The van der Waals surface area contributed by atoms with Gasteiger partial charge in [-0.05, 0) is 62.8 Å². The van der Waals surface area contributed by atoms with Crippen molar-refractivity contribution in [1.29, 1.82) is 0 Å². The summed E-state index contributed by atoms with van der Waals surface area (Å²) in [6.07, 6.45) is 2.22. The van der Waals surface area contributed by atoms with Crippen molar-refractivity contribution in [3.8, 4) is 5.75 Å². The largest absolute Gasteiger partial charge is 0.494 e. The molecule has 0 bridgehead atoms. The van der Waals surface area contributed by atoms with E-state index in [1.807, 2.05) is 6.92 Å². The van der Waals surface area contributed by atoms with Crippen LogP contribution in [0.3, 0.4) is 0 Å². The van der Waals surface area contributed by atoms with Crippen molar-refractivity contribution in [2.24, 2.45) is 5.73 Å². The third kappa shape index (κ3) is 4.39. The number of benzene rings is 1. The molecule has 0 spiro atoms. The Labute approximate surface area is 105 Å². The summed E-state index contributed by atoms with van der Waals surface area (Å²) in [5, 5.41) is 0. The summed E-state index contributed by atoms with van der Waals surface area (Å²) >= 11 is 0. The quantitative estimate of drug-likeness (QED) is 0.817. The molecule has 0 fully saturated rings. The molecule has 2 atom stereocenters. The predicted molar refractivity (Wildman–Crippen MR) is 73.6 cm³/mol. The average molecular weight is 235 g/mol. The highest BCUT2D eigenvalue weighted by atomic mass is 16.5. The molecule has 0 aromatic heterocycles. The first-order valence-corrected chi connectivity index (χ1v) is 6.53. The fraction of sp³-hybridized carbons (Fsp3) is 0.600. The maximum absolute atomic E-state index is 5.80. The standard InChI is InChI=1S/C15H25NO/c1-5-17-14-8-9-15(12(3)10-14)11(2)6-7-13(4)16/h8-11,13H,5-7,16H2,1-4H3. The second kappa shape index (κ2) is 6.65. The first-order valence-electron chi connectivity index (χ1n) is 6.53. The summed E-state index contributed by atoms with van der Waals surface area (Å²) in [6.45, 7) is 9.22. The fourth-order valence-electron chi connectivity index (χ4n) is 2.13. The Kier molecular flexibility index (Phi) is 5.49. The summed E-state index contributed by atoms with van der Waals surface area (Å²) in [6, 6.07) is 6.67. The van der Waals surface area contributed by atoms with Crippen molar-refractivity contribution >= 4 is 0 Å². The fourth-order valence-corrected chi connectivity index (χ4v) is 2.13. The van der Waals surface area contributed by atoms with E-state index < -0.39 is 0 Å². The minimum absolute atomic E-state index is 0.292. The Morgan fingerprint density at radius 2 is 1.94 bits per heavy atom. The van der Waals surface area contributed by atoms with Crippen LogP contribution in [-0.2, 0) is 0 Å². The molecule has 0 aliphatic carbocycles. The van der Waals surface area contributed by atoms with Crippen molar-refractivity contribution in [1.82, 2.24) is 0 Å². The third-order valence-electron chi connectivity index (χ3n) is 3.14. The van der Waals surface area contributed by atoms with Gasteiger partial charge in [-0.1, -0.05) is 13.0 Å². The molecular formula is C15H25NO. The second-order valence-corrected chi connectivity index (χ2v) is 4.91. The molecule has 1 rings (SSSR count). The highest BCUT2D eigenvalue weighted by Crippen LogP contribution is 2.27. The van der Waals surface area contributed by atoms with Crippen molar-refractivity contribution in [3.05, 3.63) is 29.3 Å². The first-order chi connectivity index (χ1) is 8.04. The molecule has 0 aliphatic rings. The molecule has 17 heavy (non-hydrogen) atoms. The average Bonchev–Trinajstić information content (AvgIpc) is 2.26. The molecule has 0 heterocycles. The van der Waals surface area contributed by atoms with Gasteiger partial charge in [-0.3, -0.25) is 0 Å². The summed E-state index contributed by atoms with van der Waals surface area (Å²) < 4.78 is 5.50. The van der Waals surface area contributed by atoms with Crippen LogP contribution in [0.4, 0.5) is 0 Å². The van der Waals surface area contributed by atoms with Crippen LogP contribution in [0.25, 0.3) is 0 Å². The zero-order valence-corrected chi connectivity index (χ0v) is 11.5. The predicted octanol–water partition coefficient (Wildman–Crippen LogP) is 3.62. The molecule has 2 nitrogen and oxygen atoms in total. The van der Waals surface area contributed by atoms with E-state index in [0.29, 0.717) is 12.0 Å². The molecule has 2 N–H and O–H groups in total. The molecule has 96 valence electrons. The third-order valence-corrected chi connectivity index (χ3v) is 3.14. The van der Waals surface area contributed by atoms with Gasteiger partial charge in [0.05, 0.1) is 6.61 Å². The molecular weight excluding hydrogens is 210 g/mol. The molecule has 0 saturated carbocycles. The topological polar surface area (TPSA) is 35.2 Å². The normalized spacial score (nSPS) is 14.4. The lowest BCUT2D eigenvalue weighted by atomic mass is 9.91. The zero-order valence-electron chi connectivity index (χ0n) is 11.5. The summed E-state index contributed by atoms with van der Waals surface area (Å²) in [5.74, 6) is 1.53. The van der Waals surface area contributed by atoms with Crippen LogP contribution in [-0.4, -0.2) is 12.6 Å². The maximum atomic E-state index is 5.80. The van der Waals surface area contributed by atoms with Gasteiger partial charge in [-0.15, -0.1) is 0 Å². The molecule has 0 amide bonds. The first kappa shape index (κ1) is 14.0. The number of aryl methyl sites for hydroxylation is 1. The van der Waals surface area contributed by atoms with Gasteiger partial charge in [0.25, 0.3) is 0 Å². The van der Waals surface area contributed by atoms with E-state index >= 15 is 0 Å². The summed E-state index contributed by atoms with van der Waals surface area (Å²) in [4.78, 5) is 0. The van der Waals surface area contributed by atoms with Crippen molar-refractivity contribution < 1.29 is 4.74 Å². The molecule has 0 radical (unpaired) electrons. The van der Waals surface area contributed by atoms with Crippen molar-refractivity contribution in [2.45, 2.75) is 52.5 Å². The van der Waals surface area contributed by atoms with Gasteiger partial charge in [-0.25, -0.2) is 0 Å². The van der Waals surface area contributed by atoms with Crippen LogP contribution in [0, 0.1) is 6.92 Å². The number of rotatable bonds is 6. The summed E-state index contributed by atoms with van der Waals surface area (Å²) in [7, 11) is 0. The molecule has 1 aromatic rings. The van der Waals surface area contributed by atoms with E-state index in [1.54, 1.807) is 0 Å². The van der Waals surface area contributed by atoms with Crippen molar-refractivity contribution in [3.63, 3.8) is 0 Å². The lowest BCUT2D eigenvalue weighted by Gasteiger charge is -2.16. The molecule has 1 aromatic carbocycles. The van der Waals surface area contributed by atoms with E-state index in [-0.39, 0.29) is 0 Å². The Hall–Kier alpha value is -1.02. The van der Waals surface area contributed by atoms with Gasteiger partial charge in [0.15, 0.2) is 0 Å². The highest BCUT2D eigenvalue weighted by Gasteiger charge is 2.10. The molecule has 2 heteroatoms. The molecule has 0 aliphatic heterocycles. The van der Waals surface area contributed by atoms with E-state index in [9.17, 15) is 0 Å². The van der Waals surface area contributed by atoms with Gasteiger partial charge in [0.1, 0.15) is 5.75 Å². The SMILES string of the molecule is CCOc1ccc(C(C)CCC(C)N)c(C)c1. The Balaban J connectivity index is 2.70. The monoisotopic (exact) mass is 235 g/mol. The van der Waals surface area contributed by atoms with E-state index in [4.69, 9.17) is 10.5 Å². The number of hydrogen-bond acceptors (Lipinski definition) is 2. The highest BCUT2D eigenvalue weighted by molar-refractivity contribution is 5.36. The van der Waals surface area contributed by atoms with E-state index in [0.717, 1.165) is 25.2 Å². The van der Waals surface area contributed by atoms with Gasteiger partial charge < -0.3 is 10.5 Å². The van der Waals surface area contributed by atoms with Gasteiger partial charge in [0.2, 0.25) is 0 Å². The number of nitrogens with two attached hydrogens (primary N) is 1.